The van der Waals surface area contributed by atoms with Crippen LogP contribution in [0.15, 0.2) is 54.6 Å². The first-order valence-corrected chi connectivity index (χ1v) is 6.53. The quantitative estimate of drug-likeness (QED) is 0.862. The van der Waals surface area contributed by atoms with Gasteiger partial charge in [0.1, 0.15) is 5.75 Å². The molecule has 0 aliphatic rings. The molecule has 114 valence electrons. The number of hydrogen-bond donors (Lipinski definition) is 1. The fourth-order valence-electron chi connectivity index (χ4n) is 1.73. The molecule has 2 rings (SSSR count). The summed E-state index contributed by atoms with van der Waals surface area (Å²) in [6.45, 7) is 0. The van der Waals surface area contributed by atoms with Crippen molar-refractivity contribution < 1.29 is 17.9 Å². The van der Waals surface area contributed by atoms with Gasteiger partial charge < -0.3 is 10.1 Å². The highest BCUT2D eigenvalue weighted by molar-refractivity contribution is 5.49. The third-order valence-electron chi connectivity index (χ3n) is 2.86. The molecule has 0 saturated carbocycles. The van der Waals surface area contributed by atoms with Crippen LogP contribution < -0.4 is 10.1 Å². The lowest BCUT2D eigenvalue weighted by atomic mass is 10.2. The summed E-state index contributed by atoms with van der Waals surface area (Å²) in [5.41, 5.74) is 0.860. The first kappa shape index (κ1) is 15.8. The molecule has 0 spiro atoms. The maximum absolute atomic E-state index is 13.1. The average Bonchev–Trinajstić information content (AvgIpc) is 2.52. The molecule has 0 heterocycles. The molecule has 1 atom stereocenters. The standard InChI is InChI=1S/C17H14F3NO/c1-22-15-10-8-14(9-11-15)21-16(17(18,19)20)12-7-13-5-3-2-4-6-13/h2-6,8-11,16,21H,1H3. The molecule has 0 radical (unpaired) electrons. The Morgan fingerprint density at radius 1 is 1.00 bits per heavy atom. The van der Waals surface area contributed by atoms with Crippen molar-refractivity contribution >= 4 is 5.69 Å². The third kappa shape index (κ3) is 4.45. The van der Waals surface area contributed by atoms with Crippen LogP contribution in [0.5, 0.6) is 5.75 Å². The minimum atomic E-state index is -4.47. The molecule has 2 nitrogen and oxygen atoms in total. The summed E-state index contributed by atoms with van der Waals surface area (Å²) in [4.78, 5) is 0. The Morgan fingerprint density at radius 3 is 2.18 bits per heavy atom. The summed E-state index contributed by atoms with van der Waals surface area (Å²) < 4.78 is 44.2. The second kappa shape index (κ2) is 6.90. The molecule has 0 bridgehead atoms. The highest BCUT2D eigenvalue weighted by atomic mass is 19.4. The van der Waals surface area contributed by atoms with Crippen LogP contribution in [0.3, 0.4) is 0 Å². The van der Waals surface area contributed by atoms with Crippen LogP contribution in [0, 0.1) is 11.8 Å². The molecule has 22 heavy (non-hydrogen) atoms. The van der Waals surface area contributed by atoms with E-state index in [0.717, 1.165) is 0 Å². The molecule has 1 N–H and O–H groups in total. The van der Waals surface area contributed by atoms with Gasteiger partial charge in [-0.05, 0) is 36.4 Å². The van der Waals surface area contributed by atoms with Crippen molar-refractivity contribution in [1.82, 2.24) is 0 Å². The van der Waals surface area contributed by atoms with Crippen molar-refractivity contribution in [2.75, 3.05) is 12.4 Å². The Bertz CT molecular complexity index is 654. The lowest BCUT2D eigenvalue weighted by molar-refractivity contribution is -0.130. The summed E-state index contributed by atoms with van der Waals surface area (Å²) in [7, 11) is 1.49. The predicted octanol–water partition coefficient (Wildman–Crippen LogP) is 4.09. The van der Waals surface area contributed by atoms with E-state index in [1.807, 2.05) is 0 Å². The van der Waals surface area contributed by atoms with Crippen molar-refractivity contribution in [3.8, 4) is 17.6 Å². The largest absolute Gasteiger partial charge is 0.497 e. The van der Waals surface area contributed by atoms with Gasteiger partial charge in [0.05, 0.1) is 7.11 Å². The number of halogens is 3. The van der Waals surface area contributed by atoms with Crippen molar-refractivity contribution in [3.05, 3.63) is 60.2 Å². The zero-order valence-electron chi connectivity index (χ0n) is 11.8. The predicted molar refractivity (Wildman–Crippen MR) is 79.8 cm³/mol. The number of hydrogen-bond acceptors (Lipinski definition) is 2. The monoisotopic (exact) mass is 305 g/mol. The second-order valence-electron chi connectivity index (χ2n) is 4.48. The van der Waals surface area contributed by atoms with Gasteiger partial charge in [-0.2, -0.15) is 13.2 Å². The topological polar surface area (TPSA) is 21.3 Å². The van der Waals surface area contributed by atoms with E-state index in [2.05, 4.69) is 17.2 Å². The van der Waals surface area contributed by atoms with E-state index in [1.54, 1.807) is 42.5 Å². The maximum Gasteiger partial charge on any atom is 0.420 e. The van der Waals surface area contributed by atoms with Crippen LogP contribution in [-0.2, 0) is 0 Å². The zero-order chi connectivity index (χ0) is 16.0. The summed E-state index contributed by atoms with van der Waals surface area (Å²) in [6, 6.07) is 12.8. The average molecular weight is 305 g/mol. The zero-order valence-corrected chi connectivity index (χ0v) is 11.8. The van der Waals surface area contributed by atoms with E-state index >= 15 is 0 Å². The summed E-state index contributed by atoms with van der Waals surface area (Å²) in [5, 5.41) is 2.39. The minimum absolute atomic E-state index is 0.325. The molecule has 5 heteroatoms. The van der Waals surface area contributed by atoms with E-state index in [4.69, 9.17) is 4.74 Å². The Balaban J connectivity index is 2.18. The van der Waals surface area contributed by atoms with Crippen molar-refractivity contribution in [1.29, 1.82) is 0 Å². The molecule has 0 aromatic heterocycles. The number of rotatable bonds is 3. The Kier molecular flexibility index (Phi) is 4.95. The number of benzene rings is 2. The van der Waals surface area contributed by atoms with E-state index in [-0.39, 0.29) is 0 Å². The minimum Gasteiger partial charge on any atom is -0.497 e. The Labute approximate surface area is 126 Å². The maximum atomic E-state index is 13.1. The number of ether oxygens (including phenoxy) is 1. The molecule has 1 unspecified atom stereocenters. The fourth-order valence-corrected chi connectivity index (χ4v) is 1.73. The third-order valence-corrected chi connectivity index (χ3v) is 2.86. The molecular formula is C17H14F3NO. The number of methoxy groups -OCH3 is 1. The van der Waals surface area contributed by atoms with Gasteiger partial charge in [0.15, 0.2) is 6.04 Å². The molecular weight excluding hydrogens is 291 g/mol. The Morgan fingerprint density at radius 2 is 1.64 bits per heavy atom. The van der Waals surface area contributed by atoms with Crippen molar-refractivity contribution in [2.24, 2.45) is 0 Å². The molecule has 2 aromatic carbocycles. The number of nitrogens with one attached hydrogen (secondary N) is 1. The van der Waals surface area contributed by atoms with Crippen molar-refractivity contribution in [3.63, 3.8) is 0 Å². The number of alkyl halides is 3. The second-order valence-corrected chi connectivity index (χ2v) is 4.48. The lowest BCUT2D eigenvalue weighted by Gasteiger charge is -2.17. The SMILES string of the molecule is COc1ccc(NC(C#Cc2ccccc2)C(F)(F)F)cc1. The van der Waals surface area contributed by atoms with E-state index in [0.29, 0.717) is 17.0 Å². The van der Waals surface area contributed by atoms with E-state index < -0.39 is 12.2 Å². The molecule has 0 aliphatic carbocycles. The smallest absolute Gasteiger partial charge is 0.420 e. The van der Waals surface area contributed by atoms with Crippen LogP contribution in [0.25, 0.3) is 0 Å². The first-order valence-electron chi connectivity index (χ1n) is 6.53. The van der Waals surface area contributed by atoms with Crippen LogP contribution in [0.2, 0.25) is 0 Å². The van der Waals surface area contributed by atoms with E-state index in [1.165, 1.54) is 19.2 Å². The van der Waals surface area contributed by atoms with Gasteiger partial charge in [-0.25, -0.2) is 0 Å². The Hall–Kier alpha value is -2.61. The van der Waals surface area contributed by atoms with Crippen molar-refractivity contribution in [2.45, 2.75) is 12.2 Å². The van der Waals surface area contributed by atoms with E-state index in [9.17, 15) is 13.2 Å². The van der Waals surface area contributed by atoms with Gasteiger partial charge >= 0.3 is 6.18 Å². The highest BCUT2D eigenvalue weighted by Gasteiger charge is 2.38. The summed E-state index contributed by atoms with van der Waals surface area (Å²) in [5.74, 6) is 5.35. The van der Waals surface area contributed by atoms with Crippen LogP contribution >= 0.6 is 0 Å². The van der Waals surface area contributed by atoms with Crippen LogP contribution in [-0.4, -0.2) is 19.3 Å². The van der Waals surface area contributed by atoms with Gasteiger partial charge in [-0.1, -0.05) is 30.0 Å². The highest BCUT2D eigenvalue weighted by Crippen LogP contribution is 2.24. The fraction of sp³-hybridized carbons (Fsp3) is 0.176. The first-order chi connectivity index (χ1) is 10.5. The van der Waals surface area contributed by atoms with Gasteiger partial charge in [0.2, 0.25) is 0 Å². The normalized spacial score (nSPS) is 12.0. The number of anilines is 1. The summed E-state index contributed by atoms with van der Waals surface area (Å²) >= 11 is 0. The van der Waals surface area contributed by atoms with Gasteiger partial charge in [-0.3, -0.25) is 0 Å². The molecule has 0 saturated heterocycles. The lowest BCUT2D eigenvalue weighted by Crippen LogP contribution is -2.34. The van der Waals surface area contributed by atoms with Gasteiger partial charge in [0.25, 0.3) is 0 Å². The van der Waals surface area contributed by atoms with Gasteiger partial charge in [0, 0.05) is 11.3 Å². The summed E-state index contributed by atoms with van der Waals surface area (Å²) in [6.07, 6.45) is -4.47. The van der Waals surface area contributed by atoms with Crippen LogP contribution in [0.1, 0.15) is 5.56 Å². The molecule has 0 fully saturated rings. The molecule has 0 aliphatic heterocycles. The molecule has 0 amide bonds. The molecule has 2 aromatic rings. The van der Waals surface area contributed by atoms with Crippen LogP contribution in [0.4, 0.5) is 18.9 Å². The van der Waals surface area contributed by atoms with Gasteiger partial charge in [-0.15, -0.1) is 0 Å².